The summed E-state index contributed by atoms with van der Waals surface area (Å²) in [6.45, 7) is 5.59. The average molecular weight is 372 g/mol. The molecule has 1 aromatic carbocycles. The minimum Gasteiger partial charge on any atom is -0.367 e. The highest BCUT2D eigenvalue weighted by atomic mass is 19.1. The molecule has 6 nitrogen and oxygen atoms in total. The number of amides is 1. The third kappa shape index (κ3) is 3.32. The van der Waals surface area contributed by atoms with Gasteiger partial charge >= 0.3 is 0 Å². The van der Waals surface area contributed by atoms with Crippen LogP contribution in [-0.2, 0) is 6.54 Å². The molecule has 0 bridgehead atoms. The highest BCUT2D eigenvalue weighted by Gasteiger charge is 2.24. The van der Waals surface area contributed by atoms with E-state index in [2.05, 4.69) is 10.6 Å². The molecule has 0 unspecified atom stereocenters. The SMILES string of the molecule is CCn1cc(C(=O)NC2CCC2)c(=O)c2cc(F)c(N3CCNCC3)cc21. The van der Waals surface area contributed by atoms with E-state index in [1.165, 1.54) is 6.07 Å². The molecule has 1 saturated carbocycles. The molecule has 2 heterocycles. The molecule has 7 heteroatoms. The largest absolute Gasteiger partial charge is 0.367 e. The first kappa shape index (κ1) is 18.0. The molecule has 2 aliphatic rings. The third-order valence-electron chi connectivity index (χ3n) is 5.63. The molecular weight excluding hydrogens is 347 g/mol. The summed E-state index contributed by atoms with van der Waals surface area (Å²) in [6, 6.07) is 3.19. The van der Waals surface area contributed by atoms with Crippen LogP contribution in [0.25, 0.3) is 10.9 Å². The van der Waals surface area contributed by atoms with E-state index >= 15 is 0 Å². The quantitative estimate of drug-likeness (QED) is 0.860. The summed E-state index contributed by atoms with van der Waals surface area (Å²) in [4.78, 5) is 27.4. The summed E-state index contributed by atoms with van der Waals surface area (Å²) in [5.41, 5.74) is 0.859. The van der Waals surface area contributed by atoms with E-state index in [9.17, 15) is 14.0 Å². The lowest BCUT2D eigenvalue weighted by atomic mass is 9.93. The molecule has 1 aromatic heterocycles. The summed E-state index contributed by atoms with van der Waals surface area (Å²) < 4.78 is 16.7. The second kappa shape index (κ2) is 7.31. The molecule has 0 radical (unpaired) electrons. The highest BCUT2D eigenvalue weighted by molar-refractivity contribution is 5.98. The van der Waals surface area contributed by atoms with Crippen LogP contribution >= 0.6 is 0 Å². The molecule has 1 aliphatic carbocycles. The zero-order valence-corrected chi connectivity index (χ0v) is 15.6. The molecule has 1 amide bonds. The minimum absolute atomic E-state index is 0.0885. The summed E-state index contributed by atoms with van der Waals surface area (Å²) in [5, 5.41) is 6.42. The van der Waals surface area contributed by atoms with Crippen LogP contribution in [0, 0.1) is 5.82 Å². The molecule has 2 fully saturated rings. The number of aryl methyl sites for hydroxylation is 1. The number of carbonyl (C=O) groups is 1. The number of anilines is 1. The van der Waals surface area contributed by atoms with Crippen LogP contribution in [0.4, 0.5) is 10.1 Å². The molecule has 4 rings (SSSR count). The summed E-state index contributed by atoms with van der Waals surface area (Å²) >= 11 is 0. The molecule has 2 N–H and O–H groups in total. The summed E-state index contributed by atoms with van der Waals surface area (Å²) in [6.07, 6.45) is 4.61. The van der Waals surface area contributed by atoms with Crippen molar-refractivity contribution >= 4 is 22.5 Å². The Morgan fingerprint density at radius 2 is 2.04 bits per heavy atom. The van der Waals surface area contributed by atoms with Gasteiger partial charge in [-0.1, -0.05) is 0 Å². The van der Waals surface area contributed by atoms with Gasteiger partial charge in [0.05, 0.1) is 11.2 Å². The number of fused-ring (bicyclic) bond motifs is 1. The first-order valence-corrected chi connectivity index (χ1v) is 9.71. The number of piperazine rings is 1. The van der Waals surface area contributed by atoms with Crippen molar-refractivity contribution in [1.82, 2.24) is 15.2 Å². The van der Waals surface area contributed by atoms with Gasteiger partial charge in [-0.25, -0.2) is 4.39 Å². The zero-order chi connectivity index (χ0) is 19.0. The van der Waals surface area contributed by atoms with Gasteiger partial charge in [-0.15, -0.1) is 0 Å². The van der Waals surface area contributed by atoms with Crippen molar-refractivity contribution in [3.8, 4) is 0 Å². The van der Waals surface area contributed by atoms with Crippen molar-refractivity contribution in [3.63, 3.8) is 0 Å². The predicted molar refractivity (Wildman–Crippen MR) is 104 cm³/mol. The number of hydrogen-bond acceptors (Lipinski definition) is 4. The predicted octanol–water partition coefficient (Wildman–Crippen LogP) is 1.85. The maximum Gasteiger partial charge on any atom is 0.256 e. The van der Waals surface area contributed by atoms with Crippen LogP contribution in [0.1, 0.15) is 36.5 Å². The van der Waals surface area contributed by atoms with Gasteiger partial charge in [-0.05, 0) is 38.3 Å². The normalized spacial score (nSPS) is 17.8. The fourth-order valence-electron chi connectivity index (χ4n) is 3.79. The number of halogens is 1. The number of nitrogens with zero attached hydrogens (tertiary/aromatic N) is 2. The number of pyridine rings is 1. The molecule has 0 atom stereocenters. The average Bonchev–Trinajstić information content (AvgIpc) is 2.65. The zero-order valence-electron chi connectivity index (χ0n) is 15.6. The van der Waals surface area contributed by atoms with Gasteiger partial charge in [0.2, 0.25) is 5.43 Å². The number of nitrogens with one attached hydrogen (secondary N) is 2. The van der Waals surface area contributed by atoms with Crippen LogP contribution < -0.4 is 21.0 Å². The van der Waals surface area contributed by atoms with Gasteiger partial charge in [0.25, 0.3) is 5.91 Å². The van der Waals surface area contributed by atoms with E-state index in [1.807, 2.05) is 16.4 Å². The molecular formula is C20H25FN4O2. The van der Waals surface area contributed by atoms with Crippen LogP contribution in [0.2, 0.25) is 0 Å². The Bertz CT molecular complexity index is 930. The van der Waals surface area contributed by atoms with Crippen LogP contribution in [0.5, 0.6) is 0 Å². The second-order valence-electron chi connectivity index (χ2n) is 7.32. The Hall–Kier alpha value is -2.41. The summed E-state index contributed by atoms with van der Waals surface area (Å²) in [7, 11) is 0. The number of carbonyl (C=O) groups excluding carboxylic acids is 1. The monoisotopic (exact) mass is 372 g/mol. The Morgan fingerprint density at radius 3 is 2.67 bits per heavy atom. The number of benzene rings is 1. The molecule has 1 saturated heterocycles. The molecule has 144 valence electrons. The van der Waals surface area contributed by atoms with Crippen molar-refractivity contribution in [2.75, 3.05) is 31.1 Å². The standard InChI is InChI=1S/C20H25FN4O2/c1-2-24-12-15(20(27)23-13-4-3-5-13)19(26)14-10-16(21)18(11-17(14)24)25-8-6-22-7-9-25/h10-13,22H,2-9H2,1H3,(H,23,27). The Balaban J connectivity index is 1.79. The van der Waals surface area contributed by atoms with Gasteiger partial charge < -0.3 is 20.1 Å². The highest BCUT2D eigenvalue weighted by Crippen LogP contribution is 2.26. The molecule has 0 spiro atoms. The fourth-order valence-corrected chi connectivity index (χ4v) is 3.79. The van der Waals surface area contributed by atoms with Gasteiger partial charge in [0.1, 0.15) is 11.4 Å². The Kier molecular flexibility index (Phi) is 4.86. The van der Waals surface area contributed by atoms with Gasteiger partial charge in [0, 0.05) is 50.3 Å². The maximum absolute atomic E-state index is 14.8. The van der Waals surface area contributed by atoms with E-state index in [0.29, 0.717) is 17.7 Å². The van der Waals surface area contributed by atoms with Crippen molar-refractivity contribution < 1.29 is 9.18 Å². The molecule has 27 heavy (non-hydrogen) atoms. The van der Waals surface area contributed by atoms with Crippen LogP contribution in [0.3, 0.4) is 0 Å². The lowest BCUT2D eigenvalue weighted by Gasteiger charge is -2.30. The first-order valence-electron chi connectivity index (χ1n) is 9.71. The molecule has 1 aliphatic heterocycles. The lowest BCUT2D eigenvalue weighted by molar-refractivity contribution is 0.0915. The van der Waals surface area contributed by atoms with Crippen molar-refractivity contribution in [2.24, 2.45) is 0 Å². The van der Waals surface area contributed by atoms with Crippen molar-refractivity contribution in [3.05, 3.63) is 39.9 Å². The Morgan fingerprint density at radius 1 is 1.30 bits per heavy atom. The maximum atomic E-state index is 14.8. The second-order valence-corrected chi connectivity index (χ2v) is 7.32. The van der Waals surface area contributed by atoms with Crippen LogP contribution in [0.15, 0.2) is 23.1 Å². The first-order chi connectivity index (χ1) is 13.1. The van der Waals surface area contributed by atoms with Crippen molar-refractivity contribution in [1.29, 1.82) is 0 Å². The number of rotatable bonds is 4. The smallest absolute Gasteiger partial charge is 0.256 e. The fraction of sp³-hybridized carbons (Fsp3) is 0.500. The van der Waals surface area contributed by atoms with E-state index in [0.717, 1.165) is 45.4 Å². The van der Waals surface area contributed by atoms with Gasteiger partial charge in [-0.2, -0.15) is 0 Å². The van der Waals surface area contributed by atoms with Crippen molar-refractivity contribution in [2.45, 2.75) is 38.8 Å². The van der Waals surface area contributed by atoms with Crippen LogP contribution in [-0.4, -0.2) is 42.7 Å². The Labute approximate surface area is 157 Å². The van der Waals surface area contributed by atoms with Gasteiger partial charge in [0.15, 0.2) is 0 Å². The lowest BCUT2D eigenvalue weighted by Crippen LogP contribution is -2.44. The van der Waals surface area contributed by atoms with E-state index in [-0.39, 0.29) is 22.9 Å². The minimum atomic E-state index is -0.416. The van der Waals surface area contributed by atoms with E-state index < -0.39 is 11.2 Å². The molecule has 2 aromatic rings. The number of hydrogen-bond donors (Lipinski definition) is 2. The van der Waals surface area contributed by atoms with E-state index in [1.54, 1.807) is 12.3 Å². The van der Waals surface area contributed by atoms with E-state index in [4.69, 9.17) is 0 Å². The summed E-state index contributed by atoms with van der Waals surface area (Å²) in [5.74, 6) is -0.777. The van der Waals surface area contributed by atoms with Gasteiger partial charge in [-0.3, -0.25) is 9.59 Å². The topological polar surface area (TPSA) is 66.4 Å². The third-order valence-corrected chi connectivity index (χ3v) is 5.63. The number of aromatic nitrogens is 1.